The molecule has 0 radical (unpaired) electrons. The van der Waals surface area contributed by atoms with E-state index in [-0.39, 0.29) is 10.6 Å². The summed E-state index contributed by atoms with van der Waals surface area (Å²) in [7, 11) is 1.50. The number of aromatic nitrogens is 2. The van der Waals surface area contributed by atoms with E-state index >= 15 is 0 Å². The number of hydrogen-bond donors (Lipinski definition) is 0. The molecule has 0 unspecified atom stereocenters. The van der Waals surface area contributed by atoms with Gasteiger partial charge in [0.25, 0.3) is 0 Å². The Morgan fingerprint density at radius 1 is 1.42 bits per heavy atom. The molecule has 0 aliphatic carbocycles. The van der Waals surface area contributed by atoms with Gasteiger partial charge >= 0.3 is 10.6 Å². The molecule has 0 N–H and O–H groups in total. The summed E-state index contributed by atoms with van der Waals surface area (Å²) in [6.07, 6.45) is 0. The van der Waals surface area contributed by atoms with Crippen molar-refractivity contribution in [2.45, 2.75) is 20.4 Å². The molecule has 68 valence electrons. The third-order valence-corrected chi connectivity index (χ3v) is 2.45. The van der Waals surface area contributed by atoms with Crippen molar-refractivity contribution in [3.63, 3.8) is 0 Å². The van der Waals surface area contributed by atoms with E-state index in [1.165, 1.54) is 11.0 Å². The van der Waals surface area contributed by atoms with Crippen LogP contribution in [0.2, 0.25) is 0 Å². The highest BCUT2D eigenvalue weighted by Gasteiger charge is 2.06. The summed E-state index contributed by atoms with van der Waals surface area (Å²) < 4.78 is 2.63. The van der Waals surface area contributed by atoms with E-state index in [0.29, 0.717) is 12.5 Å². The smallest absolute Gasteiger partial charge is 0.255 e. The quantitative estimate of drug-likeness (QED) is 0.668. The van der Waals surface area contributed by atoms with E-state index in [4.69, 9.17) is 0 Å². The molecule has 0 spiro atoms. The average Bonchev–Trinajstić information content (AvgIpc) is 2.17. The van der Waals surface area contributed by atoms with Crippen LogP contribution in [-0.2, 0) is 13.6 Å². The number of rotatable bonds is 2. The predicted octanol–water partition coefficient (Wildman–Crippen LogP) is 0.265. The second-order valence-electron chi connectivity index (χ2n) is 3.15. The van der Waals surface area contributed by atoms with Gasteiger partial charge in [-0.05, 0) is 5.92 Å². The monoisotopic (exact) mass is 188 g/mol. The van der Waals surface area contributed by atoms with Gasteiger partial charge in [-0.2, -0.15) is 0 Å². The molecule has 0 saturated carbocycles. The average molecular weight is 188 g/mol. The maximum Gasteiger partial charge on any atom is 0.340 e. The third kappa shape index (κ3) is 1.66. The second-order valence-corrected chi connectivity index (χ2v) is 4.13. The Kier molecular flexibility index (Phi) is 2.52. The number of nitrogens with zero attached hydrogens (tertiary/aromatic N) is 2. The summed E-state index contributed by atoms with van der Waals surface area (Å²) in [6.45, 7) is 4.65. The second kappa shape index (κ2) is 3.26. The summed E-state index contributed by atoms with van der Waals surface area (Å²) in [5.74, 6) is 0.390. The van der Waals surface area contributed by atoms with Crippen LogP contribution in [0.25, 0.3) is 0 Å². The highest BCUT2D eigenvalue weighted by atomic mass is 32.1. The molecule has 1 aromatic rings. The van der Waals surface area contributed by atoms with Crippen LogP contribution in [0.1, 0.15) is 13.8 Å². The minimum Gasteiger partial charge on any atom is -0.255 e. The predicted molar refractivity (Wildman–Crippen MR) is 48.7 cm³/mol. The zero-order valence-electron chi connectivity index (χ0n) is 7.40. The fourth-order valence-electron chi connectivity index (χ4n) is 0.887. The highest BCUT2D eigenvalue weighted by Crippen LogP contribution is 1.96. The lowest BCUT2D eigenvalue weighted by atomic mass is 10.2. The molecule has 1 aromatic heterocycles. The summed E-state index contributed by atoms with van der Waals surface area (Å²) in [5, 5.41) is 0. The Hall–Kier alpha value is -0.840. The maximum atomic E-state index is 11.3. The van der Waals surface area contributed by atoms with Gasteiger partial charge in [0.15, 0.2) is 0 Å². The largest absolute Gasteiger partial charge is 0.340 e. The van der Waals surface area contributed by atoms with Crippen LogP contribution in [0.15, 0.2) is 9.59 Å². The van der Waals surface area contributed by atoms with Crippen molar-refractivity contribution in [3.8, 4) is 0 Å². The first-order valence-corrected chi connectivity index (χ1v) is 4.57. The Bertz CT molecular complexity index is 371. The molecule has 0 aliphatic heterocycles. The Morgan fingerprint density at radius 3 is 2.33 bits per heavy atom. The van der Waals surface area contributed by atoms with Crippen LogP contribution in [0.4, 0.5) is 0 Å². The van der Waals surface area contributed by atoms with Crippen LogP contribution in [0, 0.1) is 5.92 Å². The van der Waals surface area contributed by atoms with Gasteiger partial charge in [-0.1, -0.05) is 13.8 Å². The van der Waals surface area contributed by atoms with E-state index in [2.05, 4.69) is 0 Å². The van der Waals surface area contributed by atoms with Gasteiger partial charge in [0.1, 0.15) is 0 Å². The SMILES string of the molecule is CC(C)Cn1sc(=O)n(C)c1=O. The highest BCUT2D eigenvalue weighted by molar-refractivity contribution is 7.03. The van der Waals surface area contributed by atoms with E-state index in [1.54, 1.807) is 0 Å². The molecule has 5 heteroatoms. The van der Waals surface area contributed by atoms with Crippen molar-refractivity contribution >= 4 is 11.5 Å². The number of hydrogen-bond acceptors (Lipinski definition) is 3. The molecular formula is C7H12N2O2S. The van der Waals surface area contributed by atoms with Crippen molar-refractivity contribution < 1.29 is 0 Å². The normalized spacial score (nSPS) is 11.0. The first kappa shape index (κ1) is 9.25. The molecule has 0 aliphatic rings. The van der Waals surface area contributed by atoms with E-state index in [1.807, 2.05) is 13.8 Å². The Balaban J connectivity index is 3.11. The topological polar surface area (TPSA) is 44.0 Å². The van der Waals surface area contributed by atoms with Crippen LogP contribution >= 0.6 is 11.5 Å². The molecule has 0 saturated heterocycles. The fourth-order valence-corrected chi connectivity index (χ4v) is 1.85. The summed E-state index contributed by atoms with van der Waals surface area (Å²) in [5.41, 5.74) is -0.210. The van der Waals surface area contributed by atoms with Crippen molar-refractivity contribution in [1.29, 1.82) is 0 Å². The van der Waals surface area contributed by atoms with Crippen molar-refractivity contribution in [2.24, 2.45) is 13.0 Å². The van der Waals surface area contributed by atoms with Gasteiger partial charge in [-0.3, -0.25) is 9.36 Å². The summed E-state index contributed by atoms with van der Waals surface area (Å²) in [6, 6.07) is 0. The van der Waals surface area contributed by atoms with Crippen molar-refractivity contribution in [1.82, 2.24) is 8.52 Å². The Morgan fingerprint density at radius 2 is 2.00 bits per heavy atom. The van der Waals surface area contributed by atoms with Crippen LogP contribution in [0.5, 0.6) is 0 Å². The lowest BCUT2D eigenvalue weighted by Crippen LogP contribution is -2.26. The van der Waals surface area contributed by atoms with Crippen molar-refractivity contribution in [3.05, 3.63) is 20.2 Å². The molecule has 0 fully saturated rings. The zero-order chi connectivity index (χ0) is 9.30. The first-order valence-electron chi connectivity index (χ1n) is 3.79. The van der Waals surface area contributed by atoms with Crippen LogP contribution < -0.4 is 10.6 Å². The third-order valence-electron chi connectivity index (χ3n) is 1.49. The molecule has 0 atom stereocenters. The van der Waals surface area contributed by atoms with Crippen molar-refractivity contribution in [2.75, 3.05) is 0 Å². The van der Waals surface area contributed by atoms with Gasteiger partial charge in [0, 0.05) is 25.1 Å². The van der Waals surface area contributed by atoms with E-state index < -0.39 is 0 Å². The molecule has 4 nitrogen and oxygen atoms in total. The van der Waals surface area contributed by atoms with Gasteiger partial charge in [0.2, 0.25) is 0 Å². The lowest BCUT2D eigenvalue weighted by molar-refractivity contribution is 0.528. The van der Waals surface area contributed by atoms with Crippen LogP contribution in [-0.4, -0.2) is 8.52 Å². The standard InChI is InChI=1S/C7H12N2O2S/c1-5(2)4-9-6(10)8(3)7(11)12-9/h5H,4H2,1-3H3. The molecular weight excluding hydrogens is 176 g/mol. The van der Waals surface area contributed by atoms with Crippen LogP contribution in [0.3, 0.4) is 0 Å². The first-order chi connectivity index (χ1) is 5.52. The summed E-state index contributed by atoms with van der Waals surface area (Å²) >= 11 is 0.981. The van der Waals surface area contributed by atoms with Gasteiger partial charge in [-0.15, -0.1) is 0 Å². The molecule has 0 aromatic carbocycles. The van der Waals surface area contributed by atoms with E-state index in [9.17, 15) is 9.59 Å². The lowest BCUT2D eigenvalue weighted by Gasteiger charge is -2.01. The van der Waals surface area contributed by atoms with E-state index in [0.717, 1.165) is 16.1 Å². The maximum absolute atomic E-state index is 11.3. The minimum absolute atomic E-state index is 0.194. The minimum atomic E-state index is -0.210. The molecule has 1 heterocycles. The van der Waals surface area contributed by atoms with Gasteiger partial charge in [0.05, 0.1) is 0 Å². The zero-order valence-corrected chi connectivity index (χ0v) is 8.22. The Labute approximate surface area is 74.2 Å². The molecule has 0 bridgehead atoms. The molecule has 12 heavy (non-hydrogen) atoms. The van der Waals surface area contributed by atoms with Gasteiger partial charge < -0.3 is 0 Å². The molecule has 0 amide bonds. The van der Waals surface area contributed by atoms with Gasteiger partial charge in [-0.25, -0.2) is 8.75 Å². The summed E-state index contributed by atoms with van der Waals surface area (Å²) in [4.78, 5) is 22.1. The fraction of sp³-hybridized carbons (Fsp3) is 0.714. The molecule has 1 rings (SSSR count).